The van der Waals surface area contributed by atoms with Crippen LogP contribution in [0.25, 0.3) is 0 Å². The summed E-state index contributed by atoms with van der Waals surface area (Å²) in [5.74, 6) is -2.04. The van der Waals surface area contributed by atoms with Gasteiger partial charge in [0.25, 0.3) is 5.91 Å². The van der Waals surface area contributed by atoms with E-state index in [1.54, 1.807) is 6.07 Å². The Hall–Kier alpha value is -2.31. The Morgan fingerprint density at radius 1 is 1.29 bits per heavy atom. The van der Waals surface area contributed by atoms with Crippen molar-refractivity contribution in [3.05, 3.63) is 59.3 Å². The minimum Gasteiger partial charge on any atom is -0.472 e. The Morgan fingerprint density at radius 2 is 2.00 bits per heavy atom. The van der Waals surface area contributed by atoms with Crippen LogP contribution < -0.4 is 0 Å². The standard InChI is InChI=1S/C14H11F4NO2/c1-19(7-9-4-5-21-8-9)13(20)10-2-3-12(15)11(6-10)14(16,17)18/h2-6,8H,7H2,1H3. The maximum atomic E-state index is 13.2. The third kappa shape index (κ3) is 3.42. The van der Waals surface area contributed by atoms with Crippen molar-refractivity contribution in [2.45, 2.75) is 12.7 Å². The molecule has 0 saturated heterocycles. The van der Waals surface area contributed by atoms with Crippen LogP contribution in [0.15, 0.2) is 41.2 Å². The van der Waals surface area contributed by atoms with E-state index in [1.165, 1.54) is 24.5 Å². The topological polar surface area (TPSA) is 33.5 Å². The van der Waals surface area contributed by atoms with Crippen molar-refractivity contribution in [2.24, 2.45) is 0 Å². The zero-order chi connectivity index (χ0) is 15.6. The van der Waals surface area contributed by atoms with E-state index in [-0.39, 0.29) is 12.1 Å². The first kappa shape index (κ1) is 15.1. The number of carbonyl (C=O) groups is 1. The van der Waals surface area contributed by atoms with Gasteiger partial charge in [-0.3, -0.25) is 4.79 Å². The van der Waals surface area contributed by atoms with Gasteiger partial charge in [0.2, 0.25) is 0 Å². The van der Waals surface area contributed by atoms with Crippen molar-refractivity contribution >= 4 is 5.91 Å². The summed E-state index contributed by atoms with van der Waals surface area (Å²) >= 11 is 0. The Bertz CT molecular complexity index is 635. The Balaban J connectivity index is 2.23. The van der Waals surface area contributed by atoms with Gasteiger partial charge in [0.05, 0.1) is 18.1 Å². The molecule has 112 valence electrons. The lowest BCUT2D eigenvalue weighted by atomic mass is 10.1. The molecule has 0 unspecified atom stereocenters. The number of halogens is 4. The zero-order valence-corrected chi connectivity index (χ0v) is 10.9. The molecule has 2 aromatic rings. The lowest BCUT2D eigenvalue weighted by Gasteiger charge is -2.17. The number of hydrogen-bond acceptors (Lipinski definition) is 2. The first-order valence-corrected chi connectivity index (χ1v) is 5.92. The normalized spacial score (nSPS) is 11.5. The molecule has 0 aliphatic heterocycles. The molecule has 1 aromatic carbocycles. The third-order valence-corrected chi connectivity index (χ3v) is 2.87. The molecule has 0 spiro atoms. The van der Waals surface area contributed by atoms with E-state index < -0.39 is 23.5 Å². The quantitative estimate of drug-likeness (QED) is 0.810. The predicted octanol–water partition coefficient (Wildman–Crippen LogP) is 3.71. The summed E-state index contributed by atoms with van der Waals surface area (Å²) in [4.78, 5) is 13.3. The van der Waals surface area contributed by atoms with Crippen molar-refractivity contribution in [2.75, 3.05) is 7.05 Å². The van der Waals surface area contributed by atoms with Crippen LogP contribution in [0, 0.1) is 5.82 Å². The molecule has 0 bridgehead atoms. The van der Waals surface area contributed by atoms with Crippen LogP contribution >= 0.6 is 0 Å². The van der Waals surface area contributed by atoms with Crippen molar-refractivity contribution in [3.63, 3.8) is 0 Å². The van der Waals surface area contributed by atoms with Gasteiger partial charge in [0.15, 0.2) is 0 Å². The van der Waals surface area contributed by atoms with E-state index in [0.717, 1.165) is 6.07 Å². The molecule has 0 atom stereocenters. The molecular weight excluding hydrogens is 290 g/mol. The molecule has 0 aliphatic rings. The van der Waals surface area contributed by atoms with Crippen LogP contribution in [-0.4, -0.2) is 17.9 Å². The fraction of sp³-hybridized carbons (Fsp3) is 0.214. The summed E-state index contributed by atoms with van der Waals surface area (Å²) in [6.45, 7) is 0.175. The van der Waals surface area contributed by atoms with E-state index in [9.17, 15) is 22.4 Å². The first-order valence-electron chi connectivity index (χ1n) is 5.92. The smallest absolute Gasteiger partial charge is 0.419 e. The van der Waals surface area contributed by atoms with Crippen LogP contribution in [0.1, 0.15) is 21.5 Å². The molecular formula is C14H11F4NO2. The average Bonchev–Trinajstić information content (AvgIpc) is 2.90. The first-order chi connectivity index (χ1) is 9.79. The second kappa shape index (κ2) is 5.59. The monoisotopic (exact) mass is 301 g/mol. The van der Waals surface area contributed by atoms with E-state index in [4.69, 9.17) is 4.42 Å². The summed E-state index contributed by atoms with van der Waals surface area (Å²) in [5.41, 5.74) is -0.983. The molecule has 0 aliphatic carbocycles. The van der Waals surface area contributed by atoms with Crippen molar-refractivity contribution in [1.29, 1.82) is 0 Å². The van der Waals surface area contributed by atoms with Crippen LogP contribution in [0.2, 0.25) is 0 Å². The van der Waals surface area contributed by atoms with Gasteiger partial charge in [-0.2, -0.15) is 13.2 Å². The van der Waals surface area contributed by atoms with Gasteiger partial charge < -0.3 is 9.32 Å². The van der Waals surface area contributed by atoms with Crippen molar-refractivity contribution in [3.8, 4) is 0 Å². The van der Waals surface area contributed by atoms with Gasteiger partial charge in [0, 0.05) is 24.7 Å². The van der Waals surface area contributed by atoms with Gasteiger partial charge in [0.1, 0.15) is 5.82 Å². The second-order valence-corrected chi connectivity index (χ2v) is 4.49. The summed E-state index contributed by atoms with van der Waals surface area (Å²) in [6, 6.07) is 3.82. The number of hydrogen-bond donors (Lipinski definition) is 0. The highest BCUT2D eigenvalue weighted by atomic mass is 19.4. The Morgan fingerprint density at radius 3 is 2.57 bits per heavy atom. The molecule has 0 radical (unpaired) electrons. The maximum absolute atomic E-state index is 13.2. The number of nitrogens with zero attached hydrogens (tertiary/aromatic N) is 1. The number of furan rings is 1. The molecule has 3 nitrogen and oxygen atoms in total. The summed E-state index contributed by atoms with van der Waals surface area (Å²) in [5, 5.41) is 0. The van der Waals surface area contributed by atoms with Crippen molar-refractivity contribution < 1.29 is 26.8 Å². The van der Waals surface area contributed by atoms with Crippen LogP contribution in [-0.2, 0) is 12.7 Å². The molecule has 0 N–H and O–H groups in total. The highest BCUT2D eigenvalue weighted by Crippen LogP contribution is 2.32. The summed E-state index contributed by atoms with van der Waals surface area (Å²) in [7, 11) is 1.44. The largest absolute Gasteiger partial charge is 0.472 e. The van der Waals surface area contributed by atoms with E-state index in [2.05, 4.69) is 0 Å². The molecule has 2 rings (SSSR count). The minimum atomic E-state index is -4.84. The molecule has 0 fully saturated rings. The highest BCUT2D eigenvalue weighted by molar-refractivity contribution is 5.94. The fourth-order valence-electron chi connectivity index (χ4n) is 1.82. The van der Waals surface area contributed by atoms with Gasteiger partial charge in [-0.05, 0) is 24.3 Å². The van der Waals surface area contributed by atoms with E-state index in [0.29, 0.717) is 17.7 Å². The SMILES string of the molecule is CN(Cc1ccoc1)C(=O)c1ccc(F)c(C(F)(F)F)c1. The van der Waals surface area contributed by atoms with Gasteiger partial charge in [-0.15, -0.1) is 0 Å². The molecule has 1 heterocycles. The van der Waals surface area contributed by atoms with Gasteiger partial charge in [-0.1, -0.05) is 0 Å². The summed E-state index contributed by atoms with van der Waals surface area (Å²) < 4.78 is 55.9. The molecule has 1 amide bonds. The molecule has 1 aromatic heterocycles. The molecule has 21 heavy (non-hydrogen) atoms. The zero-order valence-electron chi connectivity index (χ0n) is 10.9. The molecule has 0 saturated carbocycles. The predicted molar refractivity (Wildman–Crippen MR) is 65.9 cm³/mol. The van der Waals surface area contributed by atoms with Crippen LogP contribution in [0.3, 0.4) is 0 Å². The fourth-order valence-corrected chi connectivity index (χ4v) is 1.82. The van der Waals surface area contributed by atoms with Crippen LogP contribution in [0.5, 0.6) is 0 Å². The van der Waals surface area contributed by atoms with Crippen molar-refractivity contribution in [1.82, 2.24) is 4.90 Å². The average molecular weight is 301 g/mol. The van der Waals surface area contributed by atoms with Gasteiger partial charge >= 0.3 is 6.18 Å². The minimum absolute atomic E-state index is 0.175. The molecule has 7 heteroatoms. The Labute approximate surface area is 117 Å². The number of rotatable bonds is 3. The number of alkyl halides is 3. The maximum Gasteiger partial charge on any atom is 0.419 e. The van der Waals surface area contributed by atoms with Gasteiger partial charge in [-0.25, -0.2) is 4.39 Å². The third-order valence-electron chi connectivity index (χ3n) is 2.87. The van der Waals surface area contributed by atoms with E-state index >= 15 is 0 Å². The highest BCUT2D eigenvalue weighted by Gasteiger charge is 2.34. The number of amides is 1. The van der Waals surface area contributed by atoms with E-state index in [1.807, 2.05) is 0 Å². The summed E-state index contributed by atoms with van der Waals surface area (Å²) in [6.07, 6.45) is -1.99. The lowest BCUT2D eigenvalue weighted by Crippen LogP contribution is -2.26. The Kier molecular flexibility index (Phi) is 4.02. The lowest BCUT2D eigenvalue weighted by molar-refractivity contribution is -0.140. The number of carbonyl (C=O) groups excluding carboxylic acids is 1. The van der Waals surface area contributed by atoms with Crippen LogP contribution in [0.4, 0.5) is 17.6 Å². The number of benzene rings is 1. The second-order valence-electron chi connectivity index (χ2n) is 4.49.